The minimum absolute atomic E-state index is 0.0397. The van der Waals surface area contributed by atoms with Crippen LogP contribution in [-0.4, -0.2) is 0 Å². The summed E-state index contributed by atoms with van der Waals surface area (Å²) in [5, 5.41) is 1.24. The van der Waals surface area contributed by atoms with Crippen LogP contribution in [0.3, 0.4) is 0 Å². The van der Waals surface area contributed by atoms with Crippen molar-refractivity contribution in [1.29, 1.82) is 0 Å². The second kappa shape index (κ2) is 7.29. The smallest absolute Gasteiger partial charge is 0.216 e. The minimum Gasteiger partial charge on any atom is -0.456 e. The summed E-state index contributed by atoms with van der Waals surface area (Å²) in [4.78, 5) is 3.50. The predicted molar refractivity (Wildman–Crippen MR) is 124 cm³/mol. The zero-order valence-corrected chi connectivity index (χ0v) is 18.1. The van der Waals surface area contributed by atoms with Gasteiger partial charge in [-0.15, -0.1) is 0 Å². The molecule has 1 unspecified atom stereocenters. The van der Waals surface area contributed by atoms with E-state index in [0.29, 0.717) is 44.5 Å². The van der Waals surface area contributed by atoms with Crippen molar-refractivity contribution in [1.82, 2.24) is 0 Å². The monoisotopic (exact) mass is 404 g/mol. The summed E-state index contributed by atoms with van der Waals surface area (Å²) in [7, 11) is 1.78. The van der Waals surface area contributed by atoms with Gasteiger partial charge in [-0.05, 0) is 41.5 Å². The van der Waals surface area contributed by atoms with Crippen molar-refractivity contribution in [3.63, 3.8) is 0 Å². The largest absolute Gasteiger partial charge is 0.456 e. The molecule has 4 aromatic rings. The molecule has 2 aromatic heterocycles. The minimum atomic E-state index is -2.65. The number of nitrogens with zero attached hydrogens (tertiary/aromatic N) is 2. The van der Waals surface area contributed by atoms with Gasteiger partial charge in [0.25, 0.3) is 0 Å². The summed E-state index contributed by atoms with van der Waals surface area (Å²) in [6.45, 7) is 13.3. The van der Waals surface area contributed by atoms with Crippen LogP contribution in [0.5, 0.6) is 0 Å². The van der Waals surface area contributed by atoms with Crippen molar-refractivity contribution in [3.8, 4) is 11.3 Å². The van der Waals surface area contributed by atoms with Crippen molar-refractivity contribution < 1.29 is 18.6 Å². The lowest BCUT2D eigenvalue weighted by Gasteiger charge is -2.11. The van der Waals surface area contributed by atoms with Crippen molar-refractivity contribution in [3.05, 3.63) is 70.2 Å². The molecule has 3 nitrogen and oxygen atoms in total. The van der Waals surface area contributed by atoms with E-state index in [-0.39, 0.29) is 23.3 Å². The maximum Gasteiger partial charge on any atom is 0.216 e. The summed E-state index contributed by atoms with van der Waals surface area (Å²) in [5.41, 5.74) is 3.84. The number of fused-ring (bicyclic) bond motifs is 3. The normalized spacial score (nSPS) is 17.8. The van der Waals surface area contributed by atoms with E-state index in [1.807, 2.05) is 19.1 Å². The Balaban J connectivity index is 2.17. The SMILES string of the molecule is [2H]c1c(C([2H])(C)C)c([2H])c(-c2c(C)ccc3c2oc2cc([N+]#[C-])c(C([2H])(C)C([2H])([2H])[2H])cc23)[n+](C)c1C. The summed E-state index contributed by atoms with van der Waals surface area (Å²) in [6.07, 6.45) is 0. The van der Waals surface area contributed by atoms with Gasteiger partial charge in [-0.1, -0.05) is 45.8 Å². The lowest BCUT2D eigenvalue weighted by atomic mass is 9.95. The van der Waals surface area contributed by atoms with Gasteiger partial charge < -0.3 is 4.42 Å². The molecule has 0 aliphatic rings. The molecule has 0 aliphatic heterocycles. The fourth-order valence-electron chi connectivity index (χ4n) is 3.81. The zero-order valence-electron chi connectivity index (χ0n) is 25.1. The van der Waals surface area contributed by atoms with E-state index in [0.717, 1.165) is 5.56 Å². The molecule has 0 fully saturated rings. The maximum atomic E-state index is 9.04. The Kier molecular flexibility index (Phi) is 3.22. The third-order valence-corrected chi connectivity index (χ3v) is 5.62. The Morgan fingerprint density at radius 2 is 1.90 bits per heavy atom. The molecule has 0 saturated heterocycles. The highest BCUT2D eigenvalue weighted by atomic mass is 16.3. The van der Waals surface area contributed by atoms with E-state index in [1.165, 1.54) is 13.0 Å². The van der Waals surface area contributed by atoms with Crippen LogP contribution in [-0.2, 0) is 7.05 Å². The van der Waals surface area contributed by atoms with Gasteiger partial charge in [-0.2, -0.15) is 4.57 Å². The fourth-order valence-corrected chi connectivity index (χ4v) is 3.81. The standard InChI is InChI=1S/C27H29N2O/c1-15(2)19-11-18(6)29(8)24(12-19)26-17(5)9-10-20-22-13-21(16(3)4)23(28-7)14-25(22)30-27(20)26/h9-16H,1-6,8H3/q+1/i3D3,11D,12D,15D,16D. The number of aromatic nitrogens is 1. The first-order valence-electron chi connectivity index (χ1n) is 13.3. The number of hydrogen-bond donors (Lipinski definition) is 0. The number of hydrogen-bond acceptors (Lipinski definition) is 1. The van der Waals surface area contributed by atoms with E-state index in [9.17, 15) is 0 Å². The van der Waals surface area contributed by atoms with Crippen LogP contribution in [0.15, 0.2) is 40.8 Å². The number of furan rings is 1. The van der Waals surface area contributed by atoms with Gasteiger partial charge in [-0.3, -0.25) is 0 Å². The molecule has 0 radical (unpaired) electrons. The summed E-state index contributed by atoms with van der Waals surface area (Å²) < 4.78 is 66.5. The third-order valence-electron chi connectivity index (χ3n) is 5.62. The van der Waals surface area contributed by atoms with Crippen LogP contribution in [0.2, 0.25) is 0 Å². The van der Waals surface area contributed by atoms with Gasteiger partial charge in [-0.25, -0.2) is 4.85 Å². The van der Waals surface area contributed by atoms with E-state index >= 15 is 0 Å². The van der Waals surface area contributed by atoms with Crippen LogP contribution < -0.4 is 4.57 Å². The molecule has 0 saturated carbocycles. The third kappa shape index (κ3) is 3.08. The van der Waals surface area contributed by atoms with Gasteiger partial charge in [0.05, 0.1) is 14.9 Å². The average molecular weight is 405 g/mol. The highest BCUT2D eigenvalue weighted by molar-refractivity contribution is 6.10. The van der Waals surface area contributed by atoms with Crippen LogP contribution in [0.4, 0.5) is 5.69 Å². The number of pyridine rings is 1. The van der Waals surface area contributed by atoms with Gasteiger partial charge in [0.15, 0.2) is 11.4 Å². The van der Waals surface area contributed by atoms with E-state index < -0.39 is 18.6 Å². The van der Waals surface area contributed by atoms with Gasteiger partial charge in [0, 0.05) is 36.6 Å². The Morgan fingerprint density at radius 1 is 1.13 bits per heavy atom. The number of aryl methyl sites for hydroxylation is 1. The summed E-state index contributed by atoms with van der Waals surface area (Å²) >= 11 is 0. The highest BCUT2D eigenvalue weighted by Gasteiger charge is 2.24. The van der Waals surface area contributed by atoms with Crippen LogP contribution in [0.1, 0.15) is 71.4 Å². The van der Waals surface area contributed by atoms with Gasteiger partial charge in [0.2, 0.25) is 5.69 Å². The second-order valence-electron chi connectivity index (χ2n) is 7.96. The van der Waals surface area contributed by atoms with Crippen molar-refractivity contribution in [2.75, 3.05) is 0 Å². The topological polar surface area (TPSA) is 21.4 Å². The number of rotatable bonds is 3. The second-order valence-corrected chi connectivity index (χ2v) is 7.96. The number of benzene rings is 2. The Morgan fingerprint density at radius 3 is 2.57 bits per heavy atom. The Hall–Kier alpha value is -3.12. The molecule has 2 heterocycles. The fraction of sp³-hybridized carbons (Fsp3) is 0.333. The van der Waals surface area contributed by atoms with Crippen LogP contribution in [0, 0.1) is 20.4 Å². The molecule has 4 rings (SSSR count). The molecule has 1 atom stereocenters. The molecule has 0 spiro atoms. The average Bonchev–Trinajstić information content (AvgIpc) is 3.14. The first kappa shape index (κ1) is 13.2. The summed E-state index contributed by atoms with van der Waals surface area (Å²) in [6, 6.07) is 6.99. The molecule has 2 aromatic carbocycles. The molecule has 0 bridgehead atoms. The zero-order chi connectivity index (χ0) is 27.8. The van der Waals surface area contributed by atoms with E-state index in [2.05, 4.69) is 4.85 Å². The van der Waals surface area contributed by atoms with Gasteiger partial charge >= 0.3 is 0 Å². The van der Waals surface area contributed by atoms with E-state index in [4.69, 9.17) is 20.6 Å². The molecule has 152 valence electrons. The van der Waals surface area contributed by atoms with Gasteiger partial charge in [0.1, 0.15) is 18.2 Å². The molecular weight excluding hydrogens is 368 g/mol. The summed E-state index contributed by atoms with van der Waals surface area (Å²) in [5.74, 6) is -3.18. The van der Waals surface area contributed by atoms with Crippen molar-refractivity contribution in [2.24, 2.45) is 7.05 Å². The molecule has 3 heteroatoms. The van der Waals surface area contributed by atoms with E-state index in [1.54, 1.807) is 38.5 Å². The predicted octanol–water partition coefficient (Wildman–Crippen LogP) is 7.49. The van der Waals surface area contributed by atoms with Crippen molar-refractivity contribution in [2.45, 2.75) is 53.3 Å². The Bertz CT molecular complexity index is 1630. The molecular formula is C27H29N2O+. The first-order valence-corrected chi connectivity index (χ1v) is 9.82. The van der Waals surface area contributed by atoms with Crippen molar-refractivity contribution >= 4 is 27.6 Å². The molecule has 0 aliphatic carbocycles. The highest BCUT2D eigenvalue weighted by Crippen LogP contribution is 2.41. The molecule has 0 amide bonds. The molecule has 30 heavy (non-hydrogen) atoms. The Labute approximate surface area is 188 Å². The lowest BCUT2D eigenvalue weighted by molar-refractivity contribution is -0.666. The first-order chi connectivity index (χ1) is 16.9. The van der Waals surface area contributed by atoms with Crippen LogP contribution >= 0.6 is 0 Å². The molecule has 0 N–H and O–H groups in total. The lowest BCUT2D eigenvalue weighted by Crippen LogP contribution is -2.35. The maximum absolute atomic E-state index is 9.04. The quantitative estimate of drug-likeness (QED) is 0.256. The van der Waals surface area contributed by atoms with Crippen LogP contribution in [0.25, 0.3) is 38.0 Å².